The van der Waals surface area contributed by atoms with Crippen LogP contribution in [0, 0.1) is 0 Å². The normalized spacial score (nSPS) is 11.3. The second kappa shape index (κ2) is 8.61. The van der Waals surface area contributed by atoms with E-state index in [2.05, 4.69) is 20.9 Å². The molecule has 0 aliphatic carbocycles. The molecule has 0 fully saturated rings. The summed E-state index contributed by atoms with van der Waals surface area (Å²) < 4.78 is 4.08. The van der Waals surface area contributed by atoms with Gasteiger partial charge in [0.05, 0.1) is 16.5 Å². The predicted molar refractivity (Wildman–Crippen MR) is 130 cm³/mol. The molecule has 0 aliphatic rings. The van der Waals surface area contributed by atoms with Crippen LogP contribution in [0.1, 0.15) is 16.8 Å². The molecule has 7 heteroatoms. The second-order valence-electron chi connectivity index (χ2n) is 7.25. The summed E-state index contributed by atoms with van der Waals surface area (Å²) in [6.07, 6.45) is 6.30. The van der Waals surface area contributed by atoms with Gasteiger partial charge in [0.15, 0.2) is 5.13 Å². The van der Waals surface area contributed by atoms with Crippen molar-refractivity contribution in [3.63, 3.8) is 0 Å². The topological polar surface area (TPSA) is 51.0 Å². The van der Waals surface area contributed by atoms with Crippen LogP contribution in [0.3, 0.4) is 0 Å². The van der Waals surface area contributed by atoms with Crippen LogP contribution >= 0.6 is 27.3 Å². The summed E-state index contributed by atoms with van der Waals surface area (Å²) in [5, 5.41) is 2.73. The second-order valence-corrected chi connectivity index (χ2v) is 9.17. The molecule has 5 nitrogen and oxygen atoms in total. The number of anilines is 1. The summed E-state index contributed by atoms with van der Waals surface area (Å²) in [5.74, 6) is -0.0273. The number of carbonyl (C=O) groups excluding carboxylic acids is 1. The molecule has 31 heavy (non-hydrogen) atoms. The summed E-state index contributed by atoms with van der Waals surface area (Å²) in [6, 6.07) is 19.9. The van der Waals surface area contributed by atoms with Crippen LogP contribution in [-0.2, 0) is 6.54 Å². The van der Waals surface area contributed by atoms with E-state index in [-0.39, 0.29) is 5.91 Å². The molecule has 3 aromatic carbocycles. The average molecular weight is 491 g/mol. The molecule has 0 saturated carbocycles. The monoisotopic (exact) mass is 490 g/mol. The Morgan fingerprint density at radius 2 is 1.97 bits per heavy atom. The van der Waals surface area contributed by atoms with Gasteiger partial charge in [-0.2, -0.15) is 0 Å². The van der Waals surface area contributed by atoms with Gasteiger partial charge in [0, 0.05) is 35.5 Å². The Morgan fingerprint density at radius 3 is 2.84 bits per heavy atom. The maximum Gasteiger partial charge on any atom is 0.260 e. The van der Waals surface area contributed by atoms with Crippen LogP contribution in [-0.4, -0.2) is 27.0 Å². The molecule has 0 bridgehead atoms. The SMILES string of the molecule is O=C(c1cccc2ccccc12)N(CCCn1ccnc1)c1nc2ccc(Br)cc2s1. The van der Waals surface area contributed by atoms with Crippen LogP contribution in [0.15, 0.2) is 83.9 Å². The van der Waals surface area contributed by atoms with Gasteiger partial charge in [0.25, 0.3) is 5.91 Å². The Hall–Kier alpha value is -3.03. The lowest BCUT2D eigenvalue weighted by molar-refractivity contribution is 0.0988. The molecule has 0 unspecified atom stereocenters. The van der Waals surface area contributed by atoms with E-state index in [9.17, 15) is 4.79 Å². The van der Waals surface area contributed by atoms with Crippen molar-refractivity contribution in [3.8, 4) is 0 Å². The number of thiazole rings is 1. The van der Waals surface area contributed by atoms with Crippen LogP contribution in [0.2, 0.25) is 0 Å². The van der Waals surface area contributed by atoms with E-state index in [1.807, 2.05) is 76.3 Å². The number of rotatable bonds is 6. The molecule has 154 valence electrons. The third-order valence-corrected chi connectivity index (χ3v) is 6.73. The van der Waals surface area contributed by atoms with Crippen molar-refractivity contribution in [2.45, 2.75) is 13.0 Å². The molecule has 0 aliphatic heterocycles. The van der Waals surface area contributed by atoms with Gasteiger partial charge in [-0.05, 0) is 41.5 Å². The fourth-order valence-electron chi connectivity index (χ4n) is 3.67. The van der Waals surface area contributed by atoms with E-state index in [0.29, 0.717) is 12.1 Å². The van der Waals surface area contributed by atoms with Crippen LogP contribution < -0.4 is 4.90 Å². The highest BCUT2D eigenvalue weighted by molar-refractivity contribution is 9.10. The van der Waals surface area contributed by atoms with Gasteiger partial charge < -0.3 is 4.57 Å². The summed E-state index contributed by atoms with van der Waals surface area (Å²) in [6.45, 7) is 1.36. The summed E-state index contributed by atoms with van der Waals surface area (Å²) in [5.41, 5.74) is 1.59. The minimum atomic E-state index is -0.0273. The Morgan fingerprint density at radius 1 is 1.10 bits per heavy atom. The van der Waals surface area contributed by atoms with Gasteiger partial charge in [0.1, 0.15) is 0 Å². The standard InChI is InChI=1S/C24H19BrN4OS/c25-18-9-10-21-22(15-18)31-24(27-21)29(13-4-12-28-14-11-26-16-28)23(30)20-8-3-6-17-5-1-2-7-19(17)20/h1-3,5-11,14-16H,4,12-13H2. The molecule has 0 N–H and O–H groups in total. The number of imidazole rings is 1. The van der Waals surface area contributed by atoms with Crippen LogP contribution in [0.4, 0.5) is 5.13 Å². The fourth-order valence-corrected chi connectivity index (χ4v) is 5.22. The van der Waals surface area contributed by atoms with Gasteiger partial charge >= 0.3 is 0 Å². The first-order chi connectivity index (χ1) is 15.2. The molecule has 0 saturated heterocycles. The zero-order valence-corrected chi connectivity index (χ0v) is 19.0. The number of amides is 1. The van der Waals surface area contributed by atoms with Crippen molar-refractivity contribution in [1.82, 2.24) is 14.5 Å². The fraction of sp³-hybridized carbons (Fsp3) is 0.125. The van der Waals surface area contributed by atoms with Crippen molar-refractivity contribution in [2.24, 2.45) is 0 Å². The minimum Gasteiger partial charge on any atom is -0.337 e. The Bertz CT molecular complexity index is 1360. The first-order valence-electron chi connectivity index (χ1n) is 10.0. The zero-order valence-electron chi connectivity index (χ0n) is 16.6. The molecule has 5 aromatic rings. The van der Waals surface area contributed by atoms with Gasteiger partial charge in [-0.1, -0.05) is 63.7 Å². The van der Waals surface area contributed by atoms with Crippen molar-refractivity contribution >= 4 is 59.3 Å². The van der Waals surface area contributed by atoms with E-state index in [4.69, 9.17) is 4.98 Å². The lowest BCUT2D eigenvalue weighted by Gasteiger charge is -2.21. The molecule has 2 heterocycles. The molecule has 1 amide bonds. The number of carbonyl (C=O) groups is 1. The molecular weight excluding hydrogens is 472 g/mol. The minimum absolute atomic E-state index is 0.0273. The van der Waals surface area contributed by atoms with E-state index in [0.717, 1.165) is 43.6 Å². The molecule has 5 rings (SSSR count). The number of hydrogen-bond donors (Lipinski definition) is 0. The highest BCUT2D eigenvalue weighted by atomic mass is 79.9. The predicted octanol–water partition coefficient (Wildman–Crippen LogP) is 6.15. The highest BCUT2D eigenvalue weighted by Crippen LogP contribution is 2.32. The summed E-state index contributed by atoms with van der Waals surface area (Å²) in [7, 11) is 0. The molecule has 0 spiro atoms. The van der Waals surface area contributed by atoms with Gasteiger partial charge in [-0.15, -0.1) is 0 Å². The van der Waals surface area contributed by atoms with Gasteiger partial charge in [0.2, 0.25) is 0 Å². The summed E-state index contributed by atoms with van der Waals surface area (Å²) >= 11 is 5.07. The number of benzene rings is 3. The average Bonchev–Trinajstić information content (AvgIpc) is 3.45. The van der Waals surface area contributed by atoms with Crippen LogP contribution in [0.5, 0.6) is 0 Å². The van der Waals surface area contributed by atoms with Crippen molar-refractivity contribution in [1.29, 1.82) is 0 Å². The molecular formula is C24H19BrN4OS. The number of hydrogen-bond acceptors (Lipinski definition) is 4. The molecule has 2 aromatic heterocycles. The van der Waals surface area contributed by atoms with Gasteiger partial charge in [-0.3, -0.25) is 9.69 Å². The smallest absolute Gasteiger partial charge is 0.260 e. The van der Waals surface area contributed by atoms with E-state index in [1.165, 1.54) is 0 Å². The maximum atomic E-state index is 13.8. The number of halogens is 1. The third-order valence-electron chi connectivity index (χ3n) is 5.19. The first kappa shape index (κ1) is 19.9. The van der Waals surface area contributed by atoms with Crippen molar-refractivity contribution < 1.29 is 4.79 Å². The number of fused-ring (bicyclic) bond motifs is 2. The highest BCUT2D eigenvalue weighted by Gasteiger charge is 2.22. The summed E-state index contributed by atoms with van der Waals surface area (Å²) in [4.78, 5) is 24.5. The zero-order chi connectivity index (χ0) is 21.2. The van der Waals surface area contributed by atoms with Crippen molar-refractivity contribution in [3.05, 3.63) is 89.4 Å². The maximum absolute atomic E-state index is 13.8. The Labute approximate surface area is 192 Å². The number of aryl methyl sites for hydroxylation is 1. The van der Waals surface area contributed by atoms with Gasteiger partial charge in [-0.25, -0.2) is 9.97 Å². The van der Waals surface area contributed by atoms with Crippen molar-refractivity contribution in [2.75, 3.05) is 11.4 Å². The number of aromatic nitrogens is 3. The quantitative estimate of drug-likeness (QED) is 0.287. The first-order valence-corrected chi connectivity index (χ1v) is 11.6. The van der Waals surface area contributed by atoms with Crippen LogP contribution in [0.25, 0.3) is 21.0 Å². The third kappa shape index (κ3) is 4.11. The Kier molecular flexibility index (Phi) is 5.53. The van der Waals surface area contributed by atoms with E-state index < -0.39 is 0 Å². The van der Waals surface area contributed by atoms with E-state index in [1.54, 1.807) is 23.9 Å². The number of nitrogens with zero attached hydrogens (tertiary/aromatic N) is 4. The Balaban J connectivity index is 1.52. The lowest BCUT2D eigenvalue weighted by Crippen LogP contribution is -2.32. The largest absolute Gasteiger partial charge is 0.337 e. The lowest BCUT2D eigenvalue weighted by atomic mass is 10.0. The molecule has 0 atom stereocenters. The molecule has 0 radical (unpaired) electrons. The van der Waals surface area contributed by atoms with E-state index >= 15 is 0 Å².